The Morgan fingerprint density at radius 1 is 0.676 bits per heavy atom. The zero-order chi connectivity index (χ0) is 25.0. The van der Waals surface area contributed by atoms with Crippen molar-refractivity contribution >= 4 is 17.3 Å². The van der Waals surface area contributed by atoms with E-state index in [9.17, 15) is 4.79 Å². The zero-order valence-electron chi connectivity index (χ0n) is 20.9. The van der Waals surface area contributed by atoms with Crippen molar-refractivity contribution in [2.45, 2.75) is 32.5 Å². The van der Waals surface area contributed by atoms with Crippen LogP contribution in [0.5, 0.6) is 0 Å². The van der Waals surface area contributed by atoms with Gasteiger partial charge in [-0.1, -0.05) is 91.0 Å². The van der Waals surface area contributed by atoms with Crippen molar-refractivity contribution in [3.63, 3.8) is 0 Å². The van der Waals surface area contributed by atoms with Crippen molar-refractivity contribution in [2.24, 2.45) is 4.99 Å². The molecule has 4 aromatic carbocycles. The SMILES string of the molecule is O=C1N=C(c2ccc(-c3ccccc3)cc2)c2c1ccc(COCc1ccccc1)c2N1CCCCC1. The summed E-state index contributed by atoms with van der Waals surface area (Å²) in [6.45, 7) is 3.01. The predicted octanol–water partition coefficient (Wildman–Crippen LogP) is 7.05. The Kier molecular flexibility index (Phi) is 6.66. The van der Waals surface area contributed by atoms with E-state index in [1.165, 1.54) is 12.0 Å². The van der Waals surface area contributed by atoms with Crippen molar-refractivity contribution < 1.29 is 9.53 Å². The van der Waals surface area contributed by atoms with Gasteiger partial charge in [0.05, 0.1) is 30.2 Å². The molecule has 37 heavy (non-hydrogen) atoms. The molecule has 1 fully saturated rings. The smallest absolute Gasteiger partial charge is 0.278 e. The minimum atomic E-state index is -0.160. The van der Waals surface area contributed by atoms with Gasteiger partial charge in [-0.3, -0.25) is 4.79 Å². The molecule has 0 saturated carbocycles. The summed E-state index contributed by atoms with van der Waals surface area (Å²) >= 11 is 0. The lowest BCUT2D eigenvalue weighted by Crippen LogP contribution is -2.32. The third kappa shape index (κ3) is 4.85. The summed E-state index contributed by atoms with van der Waals surface area (Å²) in [5.41, 5.74) is 9.08. The van der Waals surface area contributed by atoms with Gasteiger partial charge in [0.15, 0.2) is 0 Å². The van der Waals surface area contributed by atoms with Gasteiger partial charge in [-0.25, -0.2) is 4.99 Å². The fraction of sp³-hybridized carbons (Fsp3) is 0.212. The molecular weight excluding hydrogens is 456 g/mol. The highest BCUT2D eigenvalue weighted by Gasteiger charge is 2.31. The van der Waals surface area contributed by atoms with E-state index in [2.05, 4.69) is 64.5 Å². The zero-order valence-corrected chi connectivity index (χ0v) is 20.9. The van der Waals surface area contributed by atoms with Gasteiger partial charge in [0, 0.05) is 29.8 Å². The standard InChI is InChI=1S/C33H30N2O2/c36-33-29-19-18-28(23-37-22-24-10-4-1-5-11-24)32(35-20-8-3-9-21-35)30(29)31(34-33)27-16-14-26(15-17-27)25-12-6-2-7-13-25/h1-2,4-7,10-19H,3,8-9,20-23H2. The summed E-state index contributed by atoms with van der Waals surface area (Å²) in [6.07, 6.45) is 3.55. The first-order valence-electron chi connectivity index (χ1n) is 13.1. The van der Waals surface area contributed by atoms with Crippen LogP contribution in [0.4, 0.5) is 5.69 Å². The molecule has 4 aromatic rings. The Balaban J connectivity index is 1.36. The van der Waals surface area contributed by atoms with Crippen LogP contribution in [0.15, 0.2) is 102 Å². The summed E-state index contributed by atoms with van der Waals surface area (Å²) in [4.78, 5) is 20.1. The number of carbonyl (C=O) groups excluding carboxylic acids is 1. The van der Waals surface area contributed by atoms with Crippen molar-refractivity contribution in [3.8, 4) is 11.1 Å². The molecule has 0 N–H and O–H groups in total. The van der Waals surface area contributed by atoms with Crippen LogP contribution in [0, 0.1) is 0 Å². The molecule has 2 aliphatic rings. The highest BCUT2D eigenvalue weighted by atomic mass is 16.5. The van der Waals surface area contributed by atoms with Gasteiger partial charge in [0.1, 0.15) is 0 Å². The second-order valence-corrected chi connectivity index (χ2v) is 9.73. The minimum Gasteiger partial charge on any atom is -0.372 e. The second-order valence-electron chi connectivity index (χ2n) is 9.73. The van der Waals surface area contributed by atoms with Gasteiger partial charge in [-0.2, -0.15) is 0 Å². The molecule has 1 amide bonds. The van der Waals surface area contributed by atoms with E-state index in [1.807, 2.05) is 42.5 Å². The van der Waals surface area contributed by atoms with Crippen LogP contribution in [0.1, 0.15) is 51.9 Å². The number of piperidine rings is 1. The molecule has 0 bridgehead atoms. The van der Waals surface area contributed by atoms with Crippen LogP contribution < -0.4 is 4.90 Å². The Labute approximate surface area is 218 Å². The summed E-state index contributed by atoms with van der Waals surface area (Å²) < 4.78 is 6.18. The molecule has 0 aromatic heterocycles. The quantitative estimate of drug-likeness (QED) is 0.281. The van der Waals surface area contributed by atoms with Crippen molar-refractivity contribution in [3.05, 3.63) is 125 Å². The number of fused-ring (bicyclic) bond motifs is 1. The van der Waals surface area contributed by atoms with Crippen LogP contribution in [-0.2, 0) is 18.0 Å². The highest BCUT2D eigenvalue weighted by molar-refractivity contribution is 6.30. The van der Waals surface area contributed by atoms with E-state index in [-0.39, 0.29) is 5.91 Å². The molecule has 0 spiro atoms. The van der Waals surface area contributed by atoms with E-state index in [0.717, 1.165) is 65.1 Å². The molecule has 6 rings (SSSR count). The monoisotopic (exact) mass is 486 g/mol. The first-order chi connectivity index (χ1) is 18.3. The molecule has 2 aliphatic heterocycles. The average Bonchev–Trinajstić information content (AvgIpc) is 3.30. The number of aliphatic imine (C=N–C) groups is 1. The van der Waals surface area contributed by atoms with Crippen LogP contribution in [0.3, 0.4) is 0 Å². The maximum absolute atomic E-state index is 13.0. The molecule has 4 nitrogen and oxygen atoms in total. The van der Waals surface area contributed by atoms with Gasteiger partial charge in [0.2, 0.25) is 0 Å². The number of benzene rings is 4. The Morgan fingerprint density at radius 3 is 2.05 bits per heavy atom. The van der Waals surface area contributed by atoms with Crippen molar-refractivity contribution in [1.82, 2.24) is 0 Å². The number of rotatable bonds is 7. The number of nitrogens with zero attached hydrogens (tertiary/aromatic N) is 2. The van der Waals surface area contributed by atoms with E-state index in [0.29, 0.717) is 18.8 Å². The lowest BCUT2D eigenvalue weighted by Gasteiger charge is -2.32. The van der Waals surface area contributed by atoms with Crippen molar-refractivity contribution in [1.29, 1.82) is 0 Å². The molecule has 184 valence electrons. The molecule has 4 heteroatoms. The molecule has 1 saturated heterocycles. The lowest BCUT2D eigenvalue weighted by molar-refractivity contribution is 0.101. The molecular formula is C33H30N2O2. The number of amides is 1. The fourth-order valence-corrected chi connectivity index (χ4v) is 5.38. The topological polar surface area (TPSA) is 41.9 Å². The molecule has 0 radical (unpaired) electrons. The van der Waals surface area contributed by atoms with Gasteiger partial charge in [-0.05, 0) is 42.0 Å². The van der Waals surface area contributed by atoms with Crippen LogP contribution in [0.2, 0.25) is 0 Å². The van der Waals surface area contributed by atoms with E-state index >= 15 is 0 Å². The summed E-state index contributed by atoms with van der Waals surface area (Å²) in [6, 6.07) is 33.0. The largest absolute Gasteiger partial charge is 0.372 e. The third-order valence-corrected chi connectivity index (χ3v) is 7.25. The predicted molar refractivity (Wildman–Crippen MR) is 149 cm³/mol. The molecule has 2 heterocycles. The summed E-state index contributed by atoms with van der Waals surface area (Å²) in [7, 11) is 0. The van der Waals surface area contributed by atoms with E-state index in [1.54, 1.807) is 0 Å². The minimum absolute atomic E-state index is 0.160. The number of ether oxygens (including phenoxy) is 1. The van der Waals surface area contributed by atoms with Crippen molar-refractivity contribution in [2.75, 3.05) is 18.0 Å². The summed E-state index contributed by atoms with van der Waals surface area (Å²) in [5, 5.41) is 0. The number of anilines is 1. The van der Waals surface area contributed by atoms with Gasteiger partial charge < -0.3 is 9.64 Å². The Morgan fingerprint density at radius 2 is 1.32 bits per heavy atom. The number of hydrogen-bond donors (Lipinski definition) is 0. The lowest BCUT2D eigenvalue weighted by atomic mass is 9.92. The maximum Gasteiger partial charge on any atom is 0.278 e. The summed E-state index contributed by atoms with van der Waals surface area (Å²) in [5.74, 6) is -0.160. The van der Waals surface area contributed by atoms with E-state index in [4.69, 9.17) is 4.74 Å². The van der Waals surface area contributed by atoms with E-state index < -0.39 is 0 Å². The second kappa shape index (κ2) is 10.5. The van der Waals surface area contributed by atoms with Gasteiger partial charge in [-0.15, -0.1) is 0 Å². The molecule has 0 aliphatic carbocycles. The van der Waals surface area contributed by atoms with Crippen LogP contribution >= 0.6 is 0 Å². The molecule has 0 atom stereocenters. The van der Waals surface area contributed by atoms with Crippen LogP contribution in [-0.4, -0.2) is 24.7 Å². The first kappa shape index (κ1) is 23.4. The maximum atomic E-state index is 13.0. The number of hydrogen-bond acceptors (Lipinski definition) is 3. The molecule has 0 unspecified atom stereocenters. The number of carbonyl (C=O) groups is 1. The highest BCUT2D eigenvalue weighted by Crippen LogP contribution is 2.37. The first-order valence-corrected chi connectivity index (χ1v) is 13.1. The van der Waals surface area contributed by atoms with Gasteiger partial charge >= 0.3 is 0 Å². The normalized spacial score (nSPS) is 15.0. The van der Waals surface area contributed by atoms with Gasteiger partial charge in [0.25, 0.3) is 5.91 Å². The average molecular weight is 487 g/mol. The van der Waals surface area contributed by atoms with Crippen LogP contribution in [0.25, 0.3) is 11.1 Å². The third-order valence-electron chi connectivity index (χ3n) is 7.25. The Hall–Kier alpha value is -4.02. The fourth-order valence-electron chi connectivity index (χ4n) is 5.38. The Bertz CT molecular complexity index is 1420.